The third-order valence-corrected chi connectivity index (χ3v) is 8.43. The van der Waals surface area contributed by atoms with Crippen LogP contribution < -0.4 is 5.32 Å². The lowest BCUT2D eigenvalue weighted by atomic mass is 10.1. The molecule has 0 bridgehead atoms. The Balaban J connectivity index is 1.67. The molecule has 36 heavy (non-hydrogen) atoms. The quantitative estimate of drug-likeness (QED) is 0.402. The van der Waals surface area contributed by atoms with Crippen LogP contribution in [0.5, 0.6) is 0 Å². The van der Waals surface area contributed by atoms with E-state index >= 15 is 0 Å². The van der Waals surface area contributed by atoms with Crippen molar-refractivity contribution in [2.45, 2.75) is 24.8 Å². The molecule has 1 aromatic heterocycles. The first-order valence-electron chi connectivity index (χ1n) is 10.9. The topological polar surface area (TPSA) is 129 Å². The minimum atomic E-state index is -3.99. The van der Waals surface area contributed by atoms with Gasteiger partial charge >= 0.3 is 5.97 Å². The molecule has 0 saturated heterocycles. The summed E-state index contributed by atoms with van der Waals surface area (Å²) in [6, 6.07) is 10.9. The van der Waals surface area contributed by atoms with Crippen molar-refractivity contribution in [1.29, 1.82) is 0 Å². The fourth-order valence-electron chi connectivity index (χ4n) is 3.64. The molecule has 12 heteroatoms. The average molecular weight is 555 g/mol. The van der Waals surface area contributed by atoms with Gasteiger partial charge in [-0.15, -0.1) is 0 Å². The van der Waals surface area contributed by atoms with E-state index in [1.165, 1.54) is 12.1 Å². The maximum Gasteiger partial charge on any atom is 0.321 e. The molecule has 0 aliphatic heterocycles. The Morgan fingerprint density at radius 3 is 2.33 bits per heavy atom. The molecule has 0 radical (unpaired) electrons. The van der Waals surface area contributed by atoms with Gasteiger partial charge in [0.25, 0.3) is 5.91 Å². The fraction of sp³-hybridized carbons (Fsp3) is 0.333. The molecule has 3 rings (SSSR count). The molecule has 1 amide bonds. The first-order chi connectivity index (χ1) is 16.7. The van der Waals surface area contributed by atoms with Crippen molar-refractivity contribution < 1.29 is 31.2 Å². The molecule has 1 N–H and O–H groups in total. The van der Waals surface area contributed by atoms with E-state index in [0.29, 0.717) is 16.3 Å². The average Bonchev–Trinajstić information content (AvgIpc) is 3.09. The summed E-state index contributed by atoms with van der Waals surface area (Å²) in [5.74, 6) is -2.65. The Hall–Kier alpha value is -2.89. The number of halogens is 1. The number of amides is 1. The van der Waals surface area contributed by atoms with Crippen LogP contribution in [-0.4, -0.2) is 57.6 Å². The second-order valence-electron chi connectivity index (χ2n) is 8.64. The normalized spacial score (nSPS) is 12.9. The molecule has 9 nitrogen and oxygen atoms in total. The van der Waals surface area contributed by atoms with Gasteiger partial charge < -0.3 is 14.6 Å². The number of rotatable bonds is 9. The Kier molecular flexibility index (Phi) is 8.17. The number of aryl methyl sites for hydroxylation is 2. The van der Waals surface area contributed by atoms with Crippen LogP contribution >= 0.6 is 11.6 Å². The lowest BCUT2D eigenvalue weighted by Crippen LogP contribution is -2.28. The molecule has 0 saturated carbocycles. The number of benzene rings is 2. The van der Waals surface area contributed by atoms with E-state index in [0.717, 1.165) is 22.7 Å². The summed E-state index contributed by atoms with van der Waals surface area (Å²) in [5.41, 5.74) is 2.90. The van der Waals surface area contributed by atoms with Crippen LogP contribution in [-0.2, 0) is 36.3 Å². The Morgan fingerprint density at radius 2 is 1.72 bits per heavy atom. The molecule has 2 aromatic carbocycles. The van der Waals surface area contributed by atoms with Gasteiger partial charge in [0.15, 0.2) is 25.4 Å². The largest absolute Gasteiger partial charge is 0.464 e. The third-order valence-electron chi connectivity index (χ3n) is 5.60. The van der Waals surface area contributed by atoms with Gasteiger partial charge in [-0.2, -0.15) is 0 Å². The Bertz CT molecular complexity index is 1530. The van der Waals surface area contributed by atoms with Gasteiger partial charge in [-0.25, -0.2) is 16.8 Å². The number of nitrogens with one attached hydrogen (secondary N) is 1. The van der Waals surface area contributed by atoms with Gasteiger partial charge in [0, 0.05) is 18.7 Å². The predicted molar refractivity (Wildman–Crippen MR) is 138 cm³/mol. The van der Waals surface area contributed by atoms with E-state index in [4.69, 9.17) is 16.3 Å². The van der Waals surface area contributed by atoms with Gasteiger partial charge in [-0.05, 0) is 55.3 Å². The van der Waals surface area contributed by atoms with E-state index in [-0.39, 0.29) is 16.6 Å². The van der Waals surface area contributed by atoms with Crippen molar-refractivity contribution in [2.75, 3.05) is 24.4 Å². The summed E-state index contributed by atoms with van der Waals surface area (Å²) < 4.78 is 53.7. The van der Waals surface area contributed by atoms with Crippen LogP contribution in [0.4, 0.5) is 0 Å². The monoisotopic (exact) mass is 554 g/mol. The molecule has 0 aliphatic rings. The summed E-state index contributed by atoms with van der Waals surface area (Å²) in [4.78, 5) is 24.7. The second-order valence-corrected chi connectivity index (χ2v) is 13.3. The number of hydrogen-bond donors (Lipinski definition) is 1. The zero-order valence-electron chi connectivity index (χ0n) is 20.2. The van der Waals surface area contributed by atoms with Crippen molar-refractivity contribution >= 4 is 54.1 Å². The maximum atomic E-state index is 13.0. The molecule has 194 valence electrons. The van der Waals surface area contributed by atoms with Gasteiger partial charge in [0.2, 0.25) is 0 Å². The fourth-order valence-corrected chi connectivity index (χ4v) is 5.46. The molecule has 0 unspecified atom stereocenters. The lowest BCUT2D eigenvalue weighted by Gasteiger charge is -2.15. The van der Waals surface area contributed by atoms with Crippen molar-refractivity contribution in [1.82, 2.24) is 9.88 Å². The smallest absolute Gasteiger partial charge is 0.321 e. The maximum absolute atomic E-state index is 13.0. The van der Waals surface area contributed by atoms with Crippen molar-refractivity contribution in [2.24, 2.45) is 7.05 Å². The summed E-state index contributed by atoms with van der Waals surface area (Å²) in [7, 11) is -5.54. The van der Waals surface area contributed by atoms with Crippen molar-refractivity contribution in [3.05, 3.63) is 64.3 Å². The highest BCUT2D eigenvalue weighted by Crippen LogP contribution is 2.28. The van der Waals surface area contributed by atoms with Crippen LogP contribution in [0.1, 0.15) is 34.6 Å². The van der Waals surface area contributed by atoms with Crippen LogP contribution in [0, 0.1) is 6.92 Å². The summed E-state index contributed by atoms with van der Waals surface area (Å²) in [6.07, 6.45) is 0.987. The Morgan fingerprint density at radius 1 is 1.08 bits per heavy atom. The van der Waals surface area contributed by atoms with Crippen LogP contribution in [0.2, 0.25) is 5.02 Å². The van der Waals surface area contributed by atoms with Crippen molar-refractivity contribution in [3.8, 4) is 0 Å². The van der Waals surface area contributed by atoms with E-state index in [1.54, 1.807) is 36.7 Å². The highest BCUT2D eigenvalue weighted by molar-refractivity contribution is 7.92. The second kappa shape index (κ2) is 10.6. The molecule has 0 spiro atoms. The van der Waals surface area contributed by atoms with Crippen LogP contribution in [0.25, 0.3) is 10.9 Å². The number of ether oxygens (including phenoxy) is 1. The number of esters is 1. The van der Waals surface area contributed by atoms with Crippen LogP contribution in [0.15, 0.2) is 47.4 Å². The number of carbonyl (C=O) groups is 2. The molecule has 3 aromatic rings. The van der Waals surface area contributed by atoms with E-state index in [2.05, 4.69) is 5.32 Å². The molecule has 0 aliphatic carbocycles. The Labute approximate surface area is 215 Å². The summed E-state index contributed by atoms with van der Waals surface area (Å²) >= 11 is 6.33. The third kappa shape index (κ3) is 6.65. The molecule has 1 atom stereocenters. The molecule has 1 heterocycles. The highest BCUT2D eigenvalue weighted by Gasteiger charge is 2.22. The minimum Gasteiger partial charge on any atom is -0.464 e. The zero-order chi connectivity index (χ0) is 26.8. The van der Waals surface area contributed by atoms with Gasteiger partial charge in [0.1, 0.15) is 12.3 Å². The number of sulfone groups is 2. The number of hydrogen-bond acceptors (Lipinski definition) is 7. The van der Waals surface area contributed by atoms with E-state index in [1.807, 2.05) is 19.1 Å². The van der Waals surface area contributed by atoms with Gasteiger partial charge in [-0.1, -0.05) is 23.7 Å². The van der Waals surface area contributed by atoms with Crippen molar-refractivity contribution in [3.63, 3.8) is 0 Å². The molecular weight excluding hydrogens is 528 g/mol. The van der Waals surface area contributed by atoms with E-state index < -0.39 is 44.0 Å². The van der Waals surface area contributed by atoms with Gasteiger partial charge in [0.05, 0.1) is 27.2 Å². The number of aromatic nitrogens is 1. The highest BCUT2D eigenvalue weighted by atomic mass is 35.5. The lowest BCUT2D eigenvalue weighted by molar-refractivity contribution is -0.139. The number of carbonyl (C=O) groups excluding carboxylic acids is 2. The first kappa shape index (κ1) is 27.7. The minimum absolute atomic E-state index is 0.0939. The molecular formula is C24H27ClN2O7S2. The molecule has 0 fully saturated rings. The SMILES string of the molecule is Cc1cc(Cl)c2cc(C(=O)N[C@H](C)c3ccc(S(=O)(=O)CC(=O)OCCS(C)(=O)=O)cc3)n(C)c2c1. The summed E-state index contributed by atoms with van der Waals surface area (Å²) in [6.45, 7) is 3.28. The van der Waals surface area contributed by atoms with E-state index in [9.17, 15) is 26.4 Å². The van der Waals surface area contributed by atoms with Crippen LogP contribution in [0.3, 0.4) is 0 Å². The standard InChI is InChI=1S/C24H27ClN2O7S2/c1-15-11-20(25)19-13-22(27(3)21(19)12-15)24(29)26-16(2)17-5-7-18(8-6-17)36(32,33)14-23(28)34-9-10-35(4,30)31/h5-8,11-13,16H,9-10,14H2,1-4H3,(H,26,29)/t16-/m1/s1. The summed E-state index contributed by atoms with van der Waals surface area (Å²) in [5, 5.41) is 4.23. The number of nitrogens with zero attached hydrogens (tertiary/aromatic N) is 1. The zero-order valence-corrected chi connectivity index (χ0v) is 22.6. The predicted octanol–water partition coefficient (Wildman–Crippen LogP) is 2.99. The number of fused-ring (bicyclic) bond motifs is 1. The van der Waals surface area contributed by atoms with Gasteiger partial charge in [-0.3, -0.25) is 9.59 Å². The first-order valence-corrected chi connectivity index (χ1v) is 15.0.